The van der Waals surface area contributed by atoms with E-state index in [1.165, 1.54) is 12.1 Å². The zero-order chi connectivity index (χ0) is 10.7. The van der Waals surface area contributed by atoms with Crippen LogP contribution in [0.25, 0.3) is 0 Å². The van der Waals surface area contributed by atoms with Gasteiger partial charge in [-0.25, -0.2) is 4.39 Å². The molecule has 0 saturated heterocycles. The Balaban J connectivity index is 2.82. The molecule has 0 saturated carbocycles. The van der Waals surface area contributed by atoms with Gasteiger partial charge in [0.05, 0.1) is 16.8 Å². The largest absolute Gasteiger partial charge is 0.323 e. The van der Waals surface area contributed by atoms with E-state index in [1.807, 2.05) is 0 Å². The number of nitrogens with two attached hydrogens (primary N) is 1. The summed E-state index contributed by atoms with van der Waals surface area (Å²) in [7, 11) is 0. The number of carbonyl (C=O) groups excluding carboxylic acids is 1. The van der Waals surface area contributed by atoms with Gasteiger partial charge in [0, 0.05) is 0 Å². The Kier molecular flexibility index (Phi) is 3.43. The van der Waals surface area contributed by atoms with Gasteiger partial charge in [-0.05, 0) is 25.1 Å². The minimum absolute atomic E-state index is 0.152. The summed E-state index contributed by atoms with van der Waals surface area (Å²) in [6.07, 6.45) is 0. The second-order valence-corrected chi connectivity index (χ2v) is 3.31. The Morgan fingerprint density at radius 2 is 2.29 bits per heavy atom. The lowest BCUT2D eigenvalue weighted by atomic mass is 10.3. The zero-order valence-corrected chi connectivity index (χ0v) is 8.31. The molecule has 5 heteroatoms. The Bertz CT molecular complexity index is 355. The van der Waals surface area contributed by atoms with Crippen LogP contribution in [0, 0.1) is 5.82 Å². The number of carbonyl (C=O) groups is 1. The van der Waals surface area contributed by atoms with Crippen LogP contribution in [0.4, 0.5) is 10.1 Å². The number of hydrogen-bond donors (Lipinski definition) is 2. The van der Waals surface area contributed by atoms with E-state index in [2.05, 4.69) is 5.32 Å². The lowest BCUT2D eigenvalue weighted by molar-refractivity contribution is -0.117. The van der Waals surface area contributed by atoms with Gasteiger partial charge in [0.1, 0.15) is 5.82 Å². The maximum absolute atomic E-state index is 12.6. The molecule has 0 aliphatic carbocycles. The fourth-order valence-corrected chi connectivity index (χ4v) is 1.05. The SMILES string of the molecule is CC(N)C(=O)Nc1ccc(F)cc1Cl. The number of halogens is 2. The molecule has 0 fully saturated rings. The van der Waals surface area contributed by atoms with Crippen LogP contribution in [0.2, 0.25) is 5.02 Å². The van der Waals surface area contributed by atoms with Crippen molar-refractivity contribution in [3.05, 3.63) is 29.0 Å². The van der Waals surface area contributed by atoms with E-state index in [0.717, 1.165) is 6.07 Å². The van der Waals surface area contributed by atoms with Gasteiger partial charge in [-0.15, -0.1) is 0 Å². The highest BCUT2D eigenvalue weighted by atomic mass is 35.5. The average molecular weight is 217 g/mol. The third kappa shape index (κ3) is 2.68. The minimum atomic E-state index is -0.629. The molecule has 0 bridgehead atoms. The molecular weight excluding hydrogens is 207 g/mol. The van der Waals surface area contributed by atoms with Gasteiger partial charge < -0.3 is 11.1 Å². The first-order valence-corrected chi connectivity index (χ1v) is 4.40. The molecular formula is C9H10ClFN2O. The van der Waals surface area contributed by atoms with E-state index in [-0.39, 0.29) is 10.9 Å². The molecule has 1 aromatic carbocycles. The first-order chi connectivity index (χ1) is 6.50. The number of rotatable bonds is 2. The van der Waals surface area contributed by atoms with Crippen LogP contribution in [-0.4, -0.2) is 11.9 Å². The summed E-state index contributed by atoms with van der Waals surface area (Å²) in [5, 5.41) is 2.63. The quantitative estimate of drug-likeness (QED) is 0.792. The first-order valence-electron chi connectivity index (χ1n) is 4.02. The maximum atomic E-state index is 12.6. The van der Waals surface area contributed by atoms with E-state index in [4.69, 9.17) is 17.3 Å². The first kappa shape index (κ1) is 10.9. The highest BCUT2D eigenvalue weighted by Gasteiger charge is 2.09. The highest BCUT2D eigenvalue weighted by Crippen LogP contribution is 2.22. The molecule has 1 unspecified atom stereocenters. The molecule has 0 aliphatic rings. The smallest absolute Gasteiger partial charge is 0.241 e. The molecule has 0 heterocycles. The van der Waals surface area contributed by atoms with Crippen LogP contribution < -0.4 is 11.1 Å². The lowest BCUT2D eigenvalue weighted by Gasteiger charge is -2.08. The molecule has 0 spiro atoms. The molecule has 1 amide bonds. The molecule has 0 aliphatic heterocycles. The predicted molar refractivity (Wildman–Crippen MR) is 53.7 cm³/mol. The van der Waals surface area contributed by atoms with E-state index in [0.29, 0.717) is 5.69 Å². The molecule has 3 nitrogen and oxygen atoms in total. The third-order valence-electron chi connectivity index (χ3n) is 1.60. The molecule has 0 aromatic heterocycles. The van der Waals surface area contributed by atoms with Crippen LogP contribution in [0.1, 0.15) is 6.92 Å². The number of benzene rings is 1. The zero-order valence-electron chi connectivity index (χ0n) is 7.55. The summed E-state index contributed by atoms with van der Waals surface area (Å²) in [6, 6.07) is 3.09. The fraction of sp³-hybridized carbons (Fsp3) is 0.222. The molecule has 1 rings (SSSR count). The van der Waals surface area contributed by atoms with Crippen molar-refractivity contribution >= 4 is 23.2 Å². The van der Waals surface area contributed by atoms with E-state index >= 15 is 0 Å². The van der Waals surface area contributed by atoms with Crippen molar-refractivity contribution < 1.29 is 9.18 Å². The molecule has 0 radical (unpaired) electrons. The van der Waals surface area contributed by atoms with Crippen molar-refractivity contribution in [2.75, 3.05) is 5.32 Å². The molecule has 14 heavy (non-hydrogen) atoms. The Hall–Kier alpha value is -1.13. The highest BCUT2D eigenvalue weighted by molar-refractivity contribution is 6.33. The number of nitrogens with one attached hydrogen (secondary N) is 1. The predicted octanol–water partition coefficient (Wildman–Crippen LogP) is 1.76. The van der Waals surface area contributed by atoms with Crippen LogP contribution in [0.15, 0.2) is 18.2 Å². The monoisotopic (exact) mass is 216 g/mol. The molecule has 1 aromatic rings. The summed E-state index contributed by atoms with van der Waals surface area (Å²) in [5.74, 6) is -0.813. The topological polar surface area (TPSA) is 55.1 Å². The van der Waals surface area contributed by atoms with Crippen LogP contribution >= 0.6 is 11.6 Å². The van der Waals surface area contributed by atoms with Gasteiger partial charge in [0.25, 0.3) is 0 Å². The van der Waals surface area contributed by atoms with E-state index < -0.39 is 11.9 Å². The Labute approximate surface area is 86.0 Å². The van der Waals surface area contributed by atoms with Crippen molar-refractivity contribution in [2.24, 2.45) is 5.73 Å². The summed E-state index contributed by atoms with van der Waals surface area (Å²) < 4.78 is 12.6. The van der Waals surface area contributed by atoms with Crippen molar-refractivity contribution in [3.8, 4) is 0 Å². The standard InChI is InChI=1S/C9H10ClFN2O/c1-5(12)9(14)13-8-3-2-6(11)4-7(8)10/h2-5H,12H2,1H3,(H,13,14). The lowest BCUT2D eigenvalue weighted by Crippen LogP contribution is -2.32. The maximum Gasteiger partial charge on any atom is 0.241 e. The molecule has 3 N–H and O–H groups in total. The van der Waals surface area contributed by atoms with Gasteiger partial charge in [0.2, 0.25) is 5.91 Å². The van der Waals surface area contributed by atoms with Crippen LogP contribution in [0.5, 0.6) is 0 Å². The van der Waals surface area contributed by atoms with Crippen molar-refractivity contribution in [2.45, 2.75) is 13.0 Å². The summed E-state index contributed by atoms with van der Waals surface area (Å²) in [4.78, 5) is 11.2. The van der Waals surface area contributed by atoms with Gasteiger partial charge in [0.15, 0.2) is 0 Å². The third-order valence-corrected chi connectivity index (χ3v) is 1.92. The average Bonchev–Trinajstić information content (AvgIpc) is 2.09. The number of hydrogen-bond acceptors (Lipinski definition) is 2. The van der Waals surface area contributed by atoms with Crippen molar-refractivity contribution in [1.82, 2.24) is 0 Å². The number of anilines is 1. The second kappa shape index (κ2) is 4.39. The van der Waals surface area contributed by atoms with E-state index in [1.54, 1.807) is 6.92 Å². The second-order valence-electron chi connectivity index (χ2n) is 2.90. The Morgan fingerprint density at radius 1 is 1.64 bits per heavy atom. The Morgan fingerprint density at radius 3 is 2.79 bits per heavy atom. The fourth-order valence-electron chi connectivity index (χ4n) is 0.837. The summed E-state index contributed by atoms with van der Waals surface area (Å²) in [5.41, 5.74) is 5.69. The summed E-state index contributed by atoms with van der Waals surface area (Å²) >= 11 is 5.68. The van der Waals surface area contributed by atoms with Gasteiger partial charge in [-0.2, -0.15) is 0 Å². The normalized spacial score (nSPS) is 12.3. The minimum Gasteiger partial charge on any atom is -0.323 e. The number of amides is 1. The molecule has 76 valence electrons. The molecule has 1 atom stereocenters. The van der Waals surface area contributed by atoms with Crippen molar-refractivity contribution in [3.63, 3.8) is 0 Å². The van der Waals surface area contributed by atoms with Crippen LogP contribution in [0.3, 0.4) is 0 Å². The summed E-state index contributed by atoms with van der Waals surface area (Å²) in [6.45, 7) is 1.55. The van der Waals surface area contributed by atoms with E-state index in [9.17, 15) is 9.18 Å². The van der Waals surface area contributed by atoms with Gasteiger partial charge in [-0.3, -0.25) is 4.79 Å². The van der Waals surface area contributed by atoms with Gasteiger partial charge in [-0.1, -0.05) is 11.6 Å². The van der Waals surface area contributed by atoms with Crippen LogP contribution in [-0.2, 0) is 4.79 Å². The van der Waals surface area contributed by atoms with Gasteiger partial charge >= 0.3 is 0 Å². The van der Waals surface area contributed by atoms with Crippen molar-refractivity contribution in [1.29, 1.82) is 0 Å².